The molecule has 342 valence electrons. The molecular formula is C48H92NO8P. The zero-order valence-corrected chi connectivity index (χ0v) is 38.7. The third kappa shape index (κ3) is 44.1. The lowest BCUT2D eigenvalue weighted by Crippen LogP contribution is -2.29. The lowest BCUT2D eigenvalue weighted by atomic mass is 10.0. The molecule has 0 amide bonds. The number of rotatable bonds is 46. The van der Waals surface area contributed by atoms with Crippen molar-refractivity contribution in [1.29, 1.82) is 0 Å². The van der Waals surface area contributed by atoms with Crippen LogP contribution in [0, 0.1) is 0 Å². The molecule has 58 heavy (non-hydrogen) atoms. The lowest BCUT2D eigenvalue weighted by Gasteiger charge is -2.19. The van der Waals surface area contributed by atoms with Crippen molar-refractivity contribution in [2.24, 2.45) is 5.73 Å². The number of hydrogen-bond acceptors (Lipinski definition) is 8. The van der Waals surface area contributed by atoms with Crippen LogP contribution in [0.4, 0.5) is 0 Å². The predicted molar refractivity (Wildman–Crippen MR) is 243 cm³/mol. The molecule has 0 fully saturated rings. The number of nitrogens with two attached hydrogens (primary N) is 1. The van der Waals surface area contributed by atoms with Crippen molar-refractivity contribution in [2.45, 2.75) is 245 Å². The number of carbonyl (C=O) groups excluding carboxylic acids is 2. The summed E-state index contributed by atoms with van der Waals surface area (Å²) < 4.78 is 32.8. The highest BCUT2D eigenvalue weighted by Gasteiger charge is 2.26. The Kier molecular flexibility index (Phi) is 43.9. The van der Waals surface area contributed by atoms with E-state index in [1.165, 1.54) is 161 Å². The smallest absolute Gasteiger partial charge is 0.462 e. The number of esters is 2. The van der Waals surface area contributed by atoms with Crippen LogP contribution in [0.25, 0.3) is 0 Å². The average Bonchev–Trinajstić information content (AvgIpc) is 3.21. The largest absolute Gasteiger partial charge is 0.472 e. The first-order chi connectivity index (χ1) is 28.3. The predicted octanol–water partition coefficient (Wildman–Crippen LogP) is 14.3. The minimum absolute atomic E-state index is 0.0495. The minimum atomic E-state index is -4.39. The Balaban J connectivity index is 4.09. The van der Waals surface area contributed by atoms with Crippen LogP contribution in [-0.2, 0) is 32.7 Å². The molecule has 0 saturated carbocycles. The lowest BCUT2D eigenvalue weighted by molar-refractivity contribution is -0.161. The first-order valence-electron chi connectivity index (χ1n) is 24.3. The number of ether oxygens (including phenoxy) is 2. The topological polar surface area (TPSA) is 134 Å². The van der Waals surface area contributed by atoms with Crippen molar-refractivity contribution in [2.75, 3.05) is 26.4 Å². The number of hydrogen-bond donors (Lipinski definition) is 2. The summed E-state index contributed by atoms with van der Waals surface area (Å²) in [5, 5.41) is 0. The summed E-state index contributed by atoms with van der Waals surface area (Å²) >= 11 is 0. The van der Waals surface area contributed by atoms with Crippen molar-refractivity contribution >= 4 is 19.8 Å². The van der Waals surface area contributed by atoms with E-state index in [1.807, 2.05) is 0 Å². The van der Waals surface area contributed by atoms with E-state index in [4.69, 9.17) is 24.3 Å². The third-order valence-corrected chi connectivity index (χ3v) is 11.6. The zero-order valence-electron chi connectivity index (χ0n) is 37.8. The Labute approximate surface area is 357 Å². The Morgan fingerprint density at radius 1 is 0.500 bits per heavy atom. The number of carbonyl (C=O) groups is 2. The maximum Gasteiger partial charge on any atom is 0.472 e. The average molecular weight is 842 g/mol. The highest BCUT2D eigenvalue weighted by atomic mass is 31.2. The van der Waals surface area contributed by atoms with Crippen LogP contribution in [0.3, 0.4) is 0 Å². The summed E-state index contributed by atoms with van der Waals surface area (Å²) in [5.41, 5.74) is 5.35. The van der Waals surface area contributed by atoms with E-state index in [1.54, 1.807) is 0 Å². The summed E-state index contributed by atoms with van der Waals surface area (Å²) in [6.07, 6.45) is 49.4. The van der Waals surface area contributed by atoms with Gasteiger partial charge in [-0.25, -0.2) is 4.57 Å². The van der Waals surface area contributed by atoms with Gasteiger partial charge >= 0.3 is 19.8 Å². The second kappa shape index (κ2) is 45.0. The van der Waals surface area contributed by atoms with Gasteiger partial charge in [0.1, 0.15) is 6.61 Å². The molecule has 1 unspecified atom stereocenters. The molecule has 0 spiro atoms. The van der Waals surface area contributed by atoms with Gasteiger partial charge in [-0.05, 0) is 44.9 Å². The molecule has 0 aromatic rings. The first-order valence-corrected chi connectivity index (χ1v) is 25.8. The van der Waals surface area contributed by atoms with Crippen molar-refractivity contribution in [1.82, 2.24) is 0 Å². The van der Waals surface area contributed by atoms with Crippen LogP contribution >= 0.6 is 7.82 Å². The molecule has 0 saturated heterocycles. The summed E-state index contributed by atoms with van der Waals surface area (Å²) in [7, 11) is -4.39. The molecule has 0 aliphatic heterocycles. The number of phosphoric ester groups is 1. The Bertz CT molecular complexity index is 1010. The van der Waals surface area contributed by atoms with Gasteiger partial charge in [-0.2, -0.15) is 0 Å². The third-order valence-electron chi connectivity index (χ3n) is 10.6. The molecule has 3 N–H and O–H groups in total. The summed E-state index contributed by atoms with van der Waals surface area (Å²) in [6, 6.07) is 0. The normalized spacial score (nSPS) is 13.4. The monoisotopic (exact) mass is 842 g/mol. The fourth-order valence-corrected chi connectivity index (χ4v) is 7.72. The van der Waals surface area contributed by atoms with Gasteiger partial charge in [0.2, 0.25) is 0 Å². The molecule has 2 atom stereocenters. The van der Waals surface area contributed by atoms with E-state index < -0.39 is 26.5 Å². The molecule has 0 aliphatic carbocycles. The van der Waals surface area contributed by atoms with Gasteiger partial charge in [0.15, 0.2) is 6.10 Å². The second-order valence-corrected chi connectivity index (χ2v) is 17.8. The van der Waals surface area contributed by atoms with Crippen LogP contribution in [0.5, 0.6) is 0 Å². The van der Waals surface area contributed by atoms with E-state index in [0.717, 1.165) is 44.9 Å². The number of allylic oxidation sites excluding steroid dienone is 4. The van der Waals surface area contributed by atoms with E-state index in [2.05, 4.69) is 38.2 Å². The van der Waals surface area contributed by atoms with Crippen LogP contribution in [0.1, 0.15) is 239 Å². The van der Waals surface area contributed by atoms with Gasteiger partial charge in [0, 0.05) is 19.4 Å². The number of phosphoric acid groups is 1. The van der Waals surface area contributed by atoms with Gasteiger partial charge < -0.3 is 20.1 Å². The SMILES string of the molecule is CCCCCCCCCCCCCCCC/C=C/CC/C=C/CCCC(=O)O[C@H](COC(=O)CCCCCCCCCCCCCCCC)COP(=O)(O)OCCN. The van der Waals surface area contributed by atoms with Crippen molar-refractivity contribution < 1.29 is 37.6 Å². The summed E-state index contributed by atoms with van der Waals surface area (Å²) in [6.45, 7) is 3.73. The van der Waals surface area contributed by atoms with Gasteiger partial charge in [-0.3, -0.25) is 18.6 Å². The Hall–Kier alpha value is -1.51. The van der Waals surface area contributed by atoms with E-state index in [0.29, 0.717) is 6.42 Å². The minimum Gasteiger partial charge on any atom is -0.462 e. The van der Waals surface area contributed by atoms with Crippen molar-refractivity contribution in [3.63, 3.8) is 0 Å². The van der Waals surface area contributed by atoms with Gasteiger partial charge in [-0.15, -0.1) is 0 Å². The van der Waals surface area contributed by atoms with Gasteiger partial charge in [0.05, 0.1) is 13.2 Å². The fraction of sp³-hybridized carbons (Fsp3) is 0.875. The van der Waals surface area contributed by atoms with E-state index in [9.17, 15) is 19.0 Å². The van der Waals surface area contributed by atoms with Crippen molar-refractivity contribution in [3.8, 4) is 0 Å². The Morgan fingerprint density at radius 2 is 0.879 bits per heavy atom. The molecule has 0 heterocycles. The molecule has 0 aromatic heterocycles. The fourth-order valence-electron chi connectivity index (χ4n) is 6.95. The molecule has 0 aromatic carbocycles. The number of unbranched alkanes of at least 4 members (excludes halogenated alkanes) is 29. The molecular weight excluding hydrogens is 750 g/mol. The second-order valence-electron chi connectivity index (χ2n) is 16.3. The molecule has 0 radical (unpaired) electrons. The summed E-state index contributed by atoms with van der Waals surface area (Å²) in [4.78, 5) is 34.9. The molecule has 9 nitrogen and oxygen atoms in total. The molecule has 0 rings (SSSR count). The molecule has 0 aliphatic rings. The Morgan fingerprint density at radius 3 is 1.33 bits per heavy atom. The van der Waals surface area contributed by atoms with Gasteiger partial charge in [0.25, 0.3) is 0 Å². The van der Waals surface area contributed by atoms with Crippen LogP contribution in [-0.4, -0.2) is 49.3 Å². The van der Waals surface area contributed by atoms with Crippen LogP contribution in [0.2, 0.25) is 0 Å². The van der Waals surface area contributed by atoms with Crippen molar-refractivity contribution in [3.05, 3.63) is 24.3 Å². The van der Waals surface area contributed by atoms with E-state index >= 15 is 0 Å². The maximum absolute atomic E-state index is 12.6. The quantitative estimate of drug-likeness (QED) is 0.0266. The molecule has 10 heteroatoms. The summed E-state index contributed by atoms with van der Waals surface area (Å²) in [5.74, 6) is -0.867. The van der Waals surface area contributed by atoms with Crippen LogP contribution < -0.4 is 5.73 Å². The highest BCUT2D eigenvalue weighted by molar-refractivity contribution is 7.47. The van der Waals surface area contributed by atoms with Crippen LogP contribution in [0.15, 0.2) is 24.3 Å². The maximum atomic E-state index is 12.6. The van der Waals surface area contributed by atoms with Gasteiger partial charge in [-0.1, -0.05) is 205 Å². The molecule has 0 bridgehead atoms. The first kappa shape index (κ1) is 56.5. The highest BCUT2D eigenvalue weighted by Crippen LogP contribution is 2.43. The van der Waals surface area contributed by atoms with E-state index in [-0.39, 0.29) is 38.6 Å². The zero-order chi connectivity index (χ0) is 42.5. The standard InChI is InChI=1S/C48H92NO8P/c1-3-5-7-9-11-13-15-17-19-20-21-22-23-24-25-26-27-29-31-33-35-37-39-41-48(51)57-46(45-56-58(52,53)55-43-42-49)44-54-47(50)40-38-36-34-32-30-28-18-16-14-12-10-8-6-4-2/h26-27,33,35,46H,3-25,28-32,34,36-45,49H2,1-2H3,(H,52,53)/b27-26+,35-33+/t46-/m1/s1.